The van der Waals surface area contributed by atoms with E-state index in [0.29, 0.717) is 29.3 Å². The van der Waals surface area contributed by atoms with E-state index in [1.165, 1.54) is 0 Å². The van der Waals surface area contributed by atoms with E-state index in [1.807, 2.05) is 12.1 Å². The van der Waals surface area contributed by atoms with Gasteiger partial charge in [-0.2, -0.15) is 5.26 Å². The van der Waals surface area contributed by atoms with Crippen LogP contribution < -0.4 is 0 Å². The van der Waals surface area contributed by atoms with Crippen LogP contribution >= 0.6 is 15.9 Å². The van der Waals surface area contributed by atoms with Gasteiger partial charge >= 0.3 is 5.97 Å². The second-order valence-corrected chi connectivity index (χ2v) is 4.13. The van der Waals surface area contributed by atoms with E-state index in [-0.39, 0.29) is 0 Å². The second-order valence-electron chi connectivity index (χ2n) is 3.57. The maximum absolute atomic E-state index is 10.8. The summed E-state index contributed by atoms with van der Waals surface area (Å²) < 4.78 is 0. The third-order valence-corrected chi connectivity index (χ3v) is 3.05. The van der Waals surface area contributed by atoms with Crippen LogP contribution in [-0.2, 0) is 16.5 Å². The molecule has 0 spiro atoms. The van der Waals surface area contributed by atoms with Crippen molar-refractivity contribution in [2.75, 3.05) is 0 Å². The van der Waals surface area contributed by atoms with E-state index in [0.717, 1.165) is 5.56 Å². The monoisotopic (exact) mass is 297 g/mol. The Hall–Kier alpha value is -1.38. The molecule has 0 amide bonds. The van der Waals surface area contributed by atoms with Crippen molar-refractivity contribution >= 4 is 21.9 Å². The number of carbonyl (C=O) groups is 1. The Balaban J connectivity index is 3.11. The van der Waals surface area contributed by atoms with Gasteiger partial charge in [-0.1, -0.05) is 34.1 Å². The molecular formula is C12H12BrNO3. The molecule has 1 aromatic rings. The lowest BCUT2D eigenvalue weighted by molar-refractivity contribution is -0.147. The summed E-state index contributed by atoms with van der Waals surface area (Å²) in [4.78, 5) is 10.8. The molecule has 1 unspecified atom stereocenters. The van der Waals surface area contributed by atoms with Crippen molar-refractivity contribution in [3.05, 3.63) is 34.9 Å². The molecule has 0 aromatic heterocycles. The Labute approximate surface area is 108 Å². The van der Waals surface area contributed by atoms with Crippen molar-refractivity contribution in [1.29, 1.82) is 5.26 Å². The van der Waals surface area contributed by atoms with Crippen LogP contribution in [-0.4, -0.2) is 16.2 Å². The summed E-state index contributed by atoms with van der Waals surface area (Å²) in [5, 5.41) is 27.5. The Morgan fingerprint density at radius 1 is 1.53 bits per heavy atom. The first-order valence-electron chi connectivity index (χ1n) is 5.05. The molecule has 1 rings (SSSR count). The minimum Gasteiger partial charge on any atom is -0.479 e. The molecule has 4 nitrogen and oxygen atoms in total. The average Bonchev–Trinajstić information content (AvgIpc) is 2.35. The molecule has 0 saturated carbocycles. The lowest BCUT2D eigenvalue weighted by Gasteiger charge is -2.12. The van der Waals surface area contributed by atoms with Gasteiger partial charge in [-0.3, -0.25) is 0 Å². The first kappa shape index (κ1) is 13.7. The van der Waals surface area contributed by atoms with Crippen molar-refractivity contribution in [2.45, 2.75) is 24.3 Å². The SMILES string of the molecule is N#CCCc1ccc(CBr)cc1C(O)C(=O)O. The van der Waals surface area contributed by atoms with Crippen LogP contribution in [0.4, 0.5) is 0 Å². The molecule has 5 heteroatoms. The summed E-state index contributed by atoms with van der Waals surface area (Å²) in [5.74, 6) is -1.28. The van der Waals surface area contributed by atoms with Gasteiger partial charge in [-0.05, 0) is 23.1 Å². The van der Waals surface area contributed by atoms with E-state index in [2.05, 4.69) is 15.9 Å². The van der Waals surface area contributed by atoms with Crippen molar-refractivity contribution in [1.82, 2.24) is 0 Å². The fourth-order valence-corrected chi connectivity index (χ4v) is 1.88. The molecule has 0 aliphatic carbocycles. The van der Waals surface area contributed by atoms with E-state index < -0.39 is 12.1 Å². The lowest BCUT2D eigenvalue weighted by Crippen LogP contribution is -2.13. The quantitative estimate of drug-likeness (QED) is 0.816. The minimum absolute atomic E-state index is 0.299. The molecule has 0 saturated heterocycles. The summed E-state index contributed by atoms with van der Waals surface area (Å²) >= 11 is 3.27. The molecule has 0 aliphatic heterocycles. The highest BCUT2D eigenvalue weighted by Crippen LogP contribution is 2.22. The number of carboxylic acid groups (broad SMARTS) is 1. The van der Waals surface area contributed by atoms with Gasteiger partial charge in [0.1, 0.15) is 0 Å². The summed E-state index contributed by atoms with van der Waals surface area (Å²) in [6.45, 7) is 0. The third kappa shape index (κ3) is 3.55. The number of nitrogens with zero attached hydrogens (tertiary/aromatic N) is 1. The number of aryl methyl sites for hydroxylation is 1. The molecule has 0 aliphatic rings. The summed E-state index contributed by atoms with van der Waals surface area (Å²) in [6.07, 6.45) is -0.797. The second kappa shape index (κ2) is 6.38. The standard InChI is InChI=1S/C12H12BrNO3/c13-7-8-3-4-9(2-1-5-14)10(6-8)11(15)12(16)17/h3-4,6,11,15H,1-2,7H2,(H,16,17). The number of aliphatic hydroxyl groups is 1. The number of rotatable bonds is 5. The molecule has 1 aromatic carbocycles. The van der Waals surface area contributed by atoms with Crippen molar-refractivity contribution < 1.29 is 15.0 Å². The number of benzene rings is 1. The number of hydrogen-bond acceptors (Lipinski definition) is 3. The van der Waals surface area contributed by atoms with Crippen LogP contribution in [0.1, 0.15) is 29.2 Å². The Bertz CT molecular complexity index is 454. The zero-order chi connectivity index (χ0) is 12.8. The predicted octanol–water partition coefficient (Wildman–Crippen LogP) is 2.16. The van der Waals surface area contributed by atoms with Crippen molar-refractivity contribution in [3.63, 3.8) is 0 Å². The fraction of sp³-hybridized carbons (Fsp3) is 0.333. The Morgan fingerprint density at radius 3 is 2.76 bits per heavy atom. The van der Waals surface area contributed by atoms with Gasteiger partial charge in [0.25, 0.3) is 0 Å². The van der Waals surface area contributed by atoms with E-state index in [4.69, 9.17) is 10.4 Å². The highest BCUT2D eigenvalue weighted by molar-refractivity contribution is 9.08. The summed E-state index contributed by atoms with van der Waals surface area (Å²) in [5.41, 5.74) is 1.96. The minimum atomic E-state index is -1.54. The zero-order valence-electron chi connectivity index (χ0n) is 9.06. The van der Waals surface area contributed by atoms with Crippen LogP contribution in [0, 0.1) is 11.3 Å². The maximum atomic E-state index is 10.8. The Morgan fingerprint density at radius 2 is 2.24 bits per heavy atom. The number of aliphatic carboxylic acids is 1. The van der Waals surface area contributed by atoms with E-state index >= 15 is 0 Å². The van der Waals surface area contributed by atoms with Gasteiger partial charge in [0.2, 0.25) is 0 Å². The van der Waals surface area contributed by atoms with Crippen LogP contribution in [0.3, 0.4) is 0 Å². The first-order chi connectivity index (χ1) is 8.10. The molecule has 0 heterocycles. The smallest absolute Gasteiger partial charge is 0.337 e. The molecule has 1 atom stereocenters. The number of aliphatic hydroxyl groups excluding tert-OH is 1. The number of alkyl halides is 1. The highest BCUT2D eigenvalue weighted by Gasteiger charge is 2.19. The number of halogens is 1. The molecule has 0 bridgehead atoms. The van der Waals surface area contributed by atoms with E-state index in [9.17, 15) is 9.90 Å². The van der Waals surface area contributed by atoms with E-state index in [1.54, 1.807) is 12.1 Å². The molecule has 2 N–H and O–H groups in total. The molecule has 90 valence electrons. The van der Waals surface area contributed by atoms with Gasteiger partial charge in [-0.25, -0.2) is 4.79 Å². The van der Waals surface area contributed by atoms with Crippen molar-refractivity contribution in [2.24, 2.45) is 0 Å². The highest BCUT2D eigenvalue weighted by atomic mass is 79.9. The van der Waals surface area contributed by atoms with Gasteiger partial charge < -0.3 is 10.2 Å². The largest absolute Gasteiger partial charge is 0.479 e. The predicted molar refractivity (Wildman–Crippen MR) is 65.6 cm³/mol. The topological polar surface area (TPSA) is 81.3 Å². The molecule has 17 heavy (non-hydrogen) atoms. The Kier molecular flexibility index (Phi) is 5.13. The lowest BCUT2D eigenvalue weighted by atomic mass is 9.97. The van der Waals surface area contributed by atoms with Gasteiger partial charge in [0, 0.05) is 11.8 Å². The normalized spacial score (nSPS) is 11.8. The molecule has 0 radical (unpaired) electrons. The summed E-state index contributed by atoms with van der Waals surface area (Å²) in [7, 11) is 0. The van der Waals surface area contributed by atoms with Crippen LogP contribution in [0.5, 0.6) is 0 Å². The van der Waals surface area contributed by atoms with Crippen LogP contribution in [0.25, 0.3) is 0 Å². The van der Waals surface area contributed by atoms with Crippen LogP contribution in [0.15, 0.2) is 18.2 Å². The van der Waals surface area contributed by atoms with Crippen molar-refractivity contribution in [3.8, 4) is 6.07 Å². The maximum Gasteiger partial charge on any atom is 0.337 e. The van der Waals surface area contributed by atoms with Crippen LogP contribution in [0.2, 0.25) is 0 Å². The zero-order valence-corrected chi connectivity index (χ0v) is 10.6. The first-order valence-corrected chi connectivity index (χ1v) is 6.17. The number of carboxylic acids is 1. The van der Waals surface area contributed by atoms with Gasteiger partial charge in [0.15, 0.2) is 6.10 Å². The average molecular weight is 298 g/mol. The third-order valence-electron chi connectivity index (χ3n) is 2.40. The molecular weight excluding hydrogens is 286 g/mol. The summed E-state index contributed by atoms with van der Waals surface area (Å²) in [6, 6.07) is 7.26. The number of nitriles is 1. The fourth-order valence-electron chi connectivity index (χ4n) is 1.53. The number of hydrogen-bond donors (Lipinski definition) is 2. The molecule has 0 fully saturated rings. The van der Waals surface area contributed by atoms with Gasteiger partial charge in [0.05, 0.1) is 6.07 Å². The van der Waals surface area contributed by atoms with Gasteiger partial charge in [-0.15, -0.1) is 0 Å².